The summed E-state index contributed by atoms with van der Waals surface area (Å²) < 4.78 is 6.83. The van der Waals surface area contributed by atoms with Gasteiger partial charge in [0.1, 0.15) is 0 Å². The molecule has 1 aromatic rings. The molecule has 0 unspecified atom stereocenters. The third-order valence-corrected chi connectivity index (χ3v) is 5.01. The van der Waals surface area contributed by atoms with E-state index in [4.69, 9.17) is 4.74 Å². The van der Waals surface area contributed by atoms with Crippen molar-refractivity contribution in [1.82, 2.24) is 10.2 Å². The SMILES string of the molecule is O=C(NC[C@H]1CN2CCC[C@@H]2CO1)c1ccccc1I. The van der Waals surface area contributed by atoms with Crippen LogP contribution in [0.5, 0.6) is 0 Å². The summed E-state index contributed by atoms with van der Waals surface area (Å²) in [4.78, 5) is 14.6. The summed E-state index contributed by atoms with van der Waals surface area (Å²) in [5.74, 6) is -0.0119. The number of carbonyl (C=O) groups is 1. The molecule has 20 heavy (non-hydrogen) atoms. The predicted octanol–water partition coefficient (Wildman–Crippen LogP) is 1.88. The van der Waals surface area contributed by atoms with Gasteiger partial charge in [-0.25, -0.2) is 0 Å². The number of ether oxygens (including phenoxy) is 1. The quantitative estimate of drug-likeness (QED) is 0.807. The number of fused-ring (bicyclic) bond motifs is 1. The van der Waals surface area contributed by atoms with Crippen LogP contribution in [0.3, 0.4) is 0 Å². The van der Waals surface area contributed by atoms with Crippen LogP contribution in [0.2, 0.25) is 0 Å². The standard InChI is InChI=1S/C15H19IN2O2/c16-14-6-2-1-5-13(14)15(19)17-8-12-9-18-7-3-4-11(18)10-20-12/h1-2,5-6,11-12H,3-4,7-10H2,(H,17,19)/t11-,12+/m1/s1. The Morgan fingerprint density at radius 3 is 3.15 bits per heavy atom. The van der Waals surface area contributed by atoms with Crippen LogP contribution in [0.25, 0.3) is 0 Å². The van der Waals surface area contributed by atoms with Gasteiger partial charge >= 0.3 is 0 Å². The zero-order valence-electron chi connectivity index (χ0n) is 11.3. The molecule has 1 amide bonds. The highest BCUT2D eigenvalue weighted by atomic mass is 127. The van der Waals surface area contributed by atoms with E-state index >= 15 is 0 Å². The number of carbonyl (C=O) groups excluding carboxylic acids is 1. The fourth-order valence-electron chi connectivity index (χ4n) is 2.96. The zero-order chi connectivity index (χ0) is 13.9. The molecule has 0 bridgehead atoms. The second-order valence-electron chi connectivity index (χ2n) is 5.44. The second-order valence-corrected chi connectivity index (χ2v) is 6.60. The summed E-state index contributed by atoms with van der Waals surface area (Å²) in [5.41, 5.74) is 0.739. The van der Waals surface area contributed by atoms with E-state index in [1.165, 1.54) is 19.4 Å². The lowest BCUT2D eigenvalue weighted by Gasteiger charge is -2.35. The van der Waals surface area contributed by atoms with Gasteiger partial charge in [0, 0.05) is 22.7 Å². The van der Waals surface area contributed by atoms with Gasteiger partial charge < -0.3 is 10.1 Å². The van der Waals surface area contributed by atoms with E-state index in [2.05, 4.69) is 32.8 Å². The first kappa shape index (κ1) is 14.3. The maximum atomic E-state index is 12.2. The highest BCUT2D eigenvalue weighted by molar-refractivity contribution is 14.1. The molecule has 0 radical (unpaired) electrons. The molecule has 2 saturated heterocycles. The lowest BCUT2D eigenvalue weighted by molar-refractivity contribution is -0.0461. The van der Waals surface area contributed by atoms with Gasteiger partial charge in [-0.05, 0) is 54.1 Å². The monoisotopic (exact) mass is 386 g/mol. The van der Waals surface area contributed by atoms with Gasteiger partial charge in [-0.3, -0.25) is 9.69 Å². The summed E-state index contributed by atoms with van der Waals surface area (Å²) in [6.45, 7) is 3.52. The number of hydrogen-bond donors (Lipinski definition) is 1. The Morgan fingerprint density at radius 2 is 2.30 bits per heavy atom. The minimum absolute atomic E-state index is 0.0119. The van der Waals surface area contributed by atoms with Crippen molar-refractivity contribution in [2.75, 3.05) is 26.2 Å². The first-order chi connectivity index (χ1) is 9.74. The first-order valence-electron chi connectivity index (χ1n) is 7.12. The van der Waals surface area contributed by atoms with E-state index in [1.807, 2.05) is 24.3 Å². The topological polar surface area (TPSA) is 41.6 Å². The maximum Gasteiger partial charge on any atom is 0.252 e. The molecule has 2 heterocycles. The molecule has 3 rings (SSSR count). The molecule has 0 aliphatic carbocycles. The van der Waals surface area contributed by atoms with Crippen molar-refractivity contribution in [2.45, 2.75) is 25.0 Å². The Morgan fingerprint density at radius 1 is 1.45 bits per heavy atom. The fraction of sp³-hybridized carbons (Fsp3) is 0.533. The summed E-state index contributed by atoms with van der Waals surface area (Å²) in [5, 5.41) is 2.99. The van der Waals surface area contributed by atoms with Crippen molar-refractivity contribution in [3.8, 4) is 0 Å². The predicted molar refractivity (Wildman–Crippen MR) is 85.8 cm³/mol. The molecule has 0 aromatic heterocycles. The van der Waals surface area contributed by atoms with Crippen molar-refractivity contribution in [3.05, 3.63) is 33.4 Å². The number of benzene rings is 1. The highest BCUT2D eigenvalue weighted by Gasteiger charge is 2.32. The fourth-order valence-corrected chi connectivity index (χ4v) is 3.59. The molecule has 1 aromatic carbocycles. The van der Waals surface area contributed by atoms with Gasteiger partial charge in [-0.1, -0.05) is 12.1 Å². The molecular weight excluding hydrogens is 367 g/mol. The minimum atomic E-state index is -0.0119. The number of amides is 1. The van der Waals surface area contributed by atoms with Crippen LogP contribution in [0.1, 0.15) is 23.2 Å². The molecule has 1 N–H and O–H groups in total. The molecule has 5 heteroatoms. The summed E-state index contributed by atoms with van der Waals surface area (Å²) in [6.07, 6.45) is 2.64. The van der Waals surface area contributed by atoms with Crippen LogP contribution in [-0.2, 0) is 4.74 Å². The van der Waals surface area contributed by atoms with Gasteiger partial charge in [0.05, 0.1) is 18.3 Å². The number of rotatable bonds is 3. The highest BCUT2D eigenvalue weighted by Crippen LogP contribution is 2.22. The first-order valence-corrected chi connectivity index (χ1v) is 8.20. The molecule has 2 atom stereocenters. The molecule has 2 fully saturated rings. The summed E-state index contributed by atoms with van der Waals surface area (Å²) in [6, 6.07) is 8.24. The number of morpholine rings is 1. The third-order valence-electron chi connectivity index (χ3n) is 4.07. The molecule has 2 aliphatic rings. The molecule has 0 saturated carbocycles. The number of hydrogen-bond acceptors (Lipinski definition) is 3. The van der Waals surface area contributed by atoms with Gasteiger partial charge in [0.25, 0.3) is 5.91 Å². The van der Waals surface area contributed by atoms with Crippen molar-refractivity contribution in [3.63, 3.8) is 0 Å². The average Bonchev–Trinajstić information content (AvgIpc) is 2.92. The molecule has 2 aliphatic heterocycles. The molecular formula is C15H19IN2O2. The third kappa shape index (κ3) is 3.15. The summed E-state index contributed by atoms with van der Waals surface area (Å²) in [7, 11) is 0. The van der Waals surface area contributed by atoms with E-state index in [0.717, 1.165) is 22.3 Å². The van der Waals surface area contributed by atoms with Crippen LogP contribution in [0.4, 0.5) is 0 Å². The minimum Gasteiger partial charge on any atom is -0.373 e. The lowest BCUT2D eigenvalue weighted by Crippen LogP contribution is -2.50. The van der Waals surface area contributed by atoms with Crippen LogP contribution >= 0.6 is 22.6 Å². The van der Waals surface area contributed by atoms with E-state index in [-0.39, 0.29) is 12.0 Å². The van der Waals surface area contributed by atoms with Crippen LogP contribution in [0, 0.1) is 3.57 Å². The number of halogens is 1. The summed E-state index contributed by atoms with van der Waals surface area (Å²) >= 11 is 2.19. The largest absolute Gasteiger partial charge is 0.373 e. The second kappa shape index (κ2) is 6.41. The molecule has 108 valence electrons. The molecule has 0 spiro atoms. The zero-order valence-corrected chi connectivity index (χ0v) is 13.5. The number of nitrogens with one attached hydrogen (secondary N) is 1. The van der Waals surface area contributed by atoms with Crippen molar-refractivity contribution >= 4 is 28.5 Å². The Labute approximate surface area is 133 Å². The van der Waals surface area contributed by atoms with Crippen LogP contribution in [0.15, 0.2) is 24.3 Å². The van der Waals surface area contributed by atoms with Gasteiger partial charge in [0.2, 0.25) is 0 Å². The van der Waals surface area contributed by atoms with Gasteiger partial charge in [-0.15, -0.1) is 0 Å². The van der Waals surface area contributed by atoms with Crippen LogP contribution in [-0.4, -0.2) is 49.2 Å². The maximum absolute atomic E-state index is 12.2. The van der Waals surface area contributed by atoms with Crippen LogP contribution < -0.4 is 5.32 Å². The lowest BCUT2D eigenvalue weighted by atomic mass is 10.1. The van der Waals surface area contributed by atoms with E-state index in [0.29, 0.717) is 12.6 Å². The van der Waals surface area contributed by atoms with E-state index in [9.17, 15) is 4.79 Å². The van der Waals surface area contributed by atoms with Crippen molar-refractivity contribution in [1.29, 1.82) is 0 Å². The van der Waals surface area contributed by atoms with E-state index < -0.39 is 0 Å². The number of nitrogens with zero attached hydrogens (tertiary/aromatic N) is 1. The Bertz CT molecular complexity index is 495. The average molecular weight is 386 g/mol. The van der Waals surface area contributed by atoms with Gasteiger partial charge in [0.15, 0.2) is 0 Å². The smallest absolute Gasteiger partial charge is 0.252 e. The Kier molecular flexibility index (Phi) is 4.58. The van der Waals surface area contributed by atoms with Crippen molar-refractivity contribution < 1.29 is 9.53 Å². The Balaban J connectivity index is 1.52. The normalized spacial score (nSPS) is 26.2. The van der Waals surface area contributed by atoms with Gasteiger partial charge in [-0.2, -0.15) is 0 Å². The van der Waals surface area contributed by atoms with E-state index in [1.54, 1.807) is 0 Å². The molecule has 4 nitrogen and oxygen atoms in total. The Hall–Kier alpha value is -0.660. The van der Waals surface area contributed by atoms with Crippen molar-refractivity contribution in [2.24, 2.45) is 0 Å².